The Kier molecular flexibility index (Phi) is 7.27. The summed E-state index contributed by atoms with van der Waals surface area (Å²) in [6.45, 7) is 0. The summed E-state index contributed by atoms with van der Waals surface area (Å²) in [6, 6.07) is 60.4. The highest BCUT2D eigenvalue weighted by atomic mass is 15.2. The van der Waals surface area contributed by atoms with Gasteiger partial charge in [0.1, 0.15) is 0 Å². The Labute approximate surface area is 318 Å². The van der Waals surface area contributed by atoms with Crippen molar-refractivity contribution in [1.82, 2.24) is 19.5 Å². The van der Waals surface area contributed by atoms with Crippen LogP contribution in [0.5, 0.6) is 0 Å². The van der Waals surface area contributed by atoms with Crippen molar-refractivity contribution in [2.24, 2.45) is 0 Å². The van der Waals surface area contributed by atoms with E-state index >= 15 is 0 Å². The van der Waals surface area contributed by atoms with Crippen LogP contribution in [0.2, 0.25) is 0 Å². The summed E-state index contributed by atoms with van der Waals surface area (Å²) in [7, 11) is 0. The maximum absolute atomic E-state index is 5.11. The first-order valence-corrected chi connectivity index (χ1v) is 18.9. The number of rotatable bonds is 5. The Morgan fingerprint density at radius 2 is 0.964 bits per heavy atom. The highest BCUT2D eigenvalue weighted by Gasteiger charge is 2.20. The molecule has 0 radical (unpaired) electrons. The molecule has 1 atom stereocenters. The first-order valence-electron chi connectivity index (χ1n) is 18.9. The topological polar surface area (TPSA) is 43.6 Å². The number of benzene rings is 8. The Morgan fingerprint density at radius 3 is 1.62 bits per heavy atom. The van der Waals surface area contributed by atoms with E-state index in [2.05, 4.69) is 156 Å². The fourth-order valence-electron chi connectivity index (χ4n) is 8.53. The van der Waals surface area contributed by atoms with Crippen LogP contribution in [-0.4, -0.2) is 19.5 Å². The van der Waals surface area contributed by atoms with Gasteiger partial charge in [0, 0.05) is 27.8 Å². The number of nitrogens with zero attached hydrogens (tertiary/aromatic N) is 4. The number of hydrogen-bond acceptors (Lipinski definition) is 3. The minimum atomic E-state index is 0.238. The van der Waals surface area contributed by atoms with Crippen molar-refractivity contribution in [3.05, 3.63) is 199 Å². The first-order chi connectivity index (χ1) is 27.3. The van der Waals surface area contributed by atoms with Gasteiger partial charge in [0.05, 0.1) is 11.0 Å². The SMILES string of the molecule is C1=CC(c2ccc3c4ccccc4c4ccccc4c3c2)=CC(c2ccc3c(c2)c2ccccc2n3-c2nc(-c3ccccc3)nc(-c3ccccc3)n2)C1. The first kappa shape index (κ1) is 31.4. The lowest BCUT2D eigenvalue weighted by Gasteiger charge is -2.19. The average molecular weight is 703 g/mol. The molecular weight excluding hydrogens is 669 g/mol. The number of allylic oxidation sites excluding steroid dienone is 4. The summed E-state index contributed by atoms with van der Waals surface area (Å²) in [5, 5.41) is 10.1. The summed E-state index contributed by atoms with van der Waals surface area (Å²) in [5.74, 6) is 2.13. The second-order valence-corrected chi connectivity index (χ2v) is 14.4. The Bertz CT molecular complexity index is 3080. The van der Waals surface area contributed by atoms with Crippen molar-refractivity contribution >= 4 is 59.7 Å². The van der Waals surface area contributed by atoms with E-state index < -0.39 is 0 Å². The molecule has 0 fully saturated rings. The van der Waals surface area contributed by atoms with Gasteiger partial charge in [0.25, 0.3) is 0 Å². The molecule has 4 heteroatoms. The molecule has 0 saturated carbocycles. The van der Waals surface area contributed by atoms with E-state index in [1.54, 1.807) is 0 Å². The predicted octanol–water partition coefficient (Wildman–Crippen LogP) is 12.9. The molecule has 0 spiro atoms. The lowest BCUT2D eigenvalue weighted by molar-refractivity contribution is 0.858. The maximum Gasteiger partial charge on any atom is 0.238 e. The molecule has 10 aromatic rings. The number of hydrogen-bond donors (Lipinski definition) is 0. The molecule has 11 rings (SSSR count). The second-order valence-electron chi connectivity index (χ2n) is 14.4. The molecule has 8 aromatic carbocycles. The molecule has 2 aromatic heterocycles. The molecule has 2 heterocycles. The van der Waals surface area contributed by atoms with Gasteiger partial charge >= 0.3 is 0 Å². The fraction of sp³-hybridized carbons (Fsp3) is 0.0392. The third-order valence-corrected chi connectivity index (χ3v) is 11.2. The molecule has 55 heavy (non-hydrogen) atoms. The largest absolute Gasteiger partial charge is 0.278 e. The number of para-hydroxylation sites is 1. The maximum atomic E-state index is 5.11. The molecular formula is C51H34N4. The molecule has 0 aliphatic heterocycles. The molecule has 258 valence electrons. The van der Waals surface area contributed by atoms with Crippen molar-refractivity contribution in [2.45, 2.75) is 12.3 Å². The standard InChI is InChI=1S/C51H34N4/c1-3-14-33(15-4-1)49-52-50(34-16-5-2-6-17-34)54-51(53-49)55-47-25-12-11-24-44(47)46-32-38(27-29-48(46)55)36-19-13-18-35(30-36)37-26-28-43-41-22-8-7-20-39(41)40-21-9-10-23-42(40)45(43)31-37/h1-18,20-32,36H,19H2. The monoisotopic (exact) mass is 702 g/mol. The minimum absolute atomic E-state index is 0.238. The van der Waals surface area contributed by atoms with Crippen LogP contribution in [0.1, 0.15) is 23.5 Å². The number of fused-ring (bicyclic) bond motifs is 9. The second kappa shape index (κ2) is 12.8. The van der Waals surface area contributed by atoms with E-state index in [-0.39, 0.29) is 5.92 Å². The van der Waals surface area contributed by atoms with Crippen LogP contribution in [0.15, 0.2) is 188 Å². The summed E-state index contributed by atoms with van der Waals surface area (Å²) < 4.78 is 2.19. The zero-order valence-corrected chi connectivity index (χ0v) is 30.0. The Hall–Kier alpha value is -7.17. The van der Waals surface area contributed by atoms with Crippen molar-refractivity contribution in [3.63, 3.8) is 0 Å². The third kappa shape index (κ3) is 5.25. The van der Waals surface area contributed by atoms with Gasteiger partial charge in [-0.05, 0) is 79.7 Å². The molecule has 4 nitrogen and oxygen atoms in total. The van der Waals surface area contributed by atoms with Gasteiger partial charge < -0.3 is 0 Å². The van der Waals surface area contributed by atoms with Crippen LogP contribution in [0.4, 0.5) is 0 Å². The van der Waals surface area contributed by atoms with Gasteiger partial charge in [0.2, 0.25) is 5.95 Å². The van der Waals surface area contributed by atoms with E-state index in [1.807, 2.05) is 36.4 Å². The molecule has 0 bridgehead atoms. The lowest BCUT2D eigenvalue weighted by atomic mass is 9.86. The minimum Gasteiger partial charge on any atom is -0.278 e. The van der Waals surface area contributed by atoms with Crippen molar-refractivity contribution in [1.29, 1.82) is 0 Å². The lowest BCUT2D eigenvalue weighted by Crippen LogP contribution is -2.06. The zero-order chi connectivity index (χ0) is 36.3. The normalized spacial score (nSPS) is 14.3. The zero-order valence-electron chi connectivity index (χ0n) is 30.0. The highest BCUT2D eigenvalue weighted by molar-refractivity contribution is 6.25. The van der Waals surface area contributed by atoms with Crippen molar-refractivity contribution in [2.75, 3.05) is 0 Å². The summed E-state index contributed by atoms with van der Waals surface area (Å²) in [5.41, 5.74) is 7.82. The predicted molar refractivity (Wildman–Crippen MR) is 228 cm³/mol. The van der Waals surface area contributed by atoms with Crippen LogP contribution in [0.25, 0.3) is 88.4 Å². The van der Waals surface area contributed by atoms with E-state index in [1.165, 1.54) is 59.8 Å². The van der Waals surface area contributed by atoms with Gasteiger partial charge in [0.15, 0.2) is 11.6 Å². The fourth-order valence-corrected chi connectivity index (χ4v) is 8.53. The number of aromatic nitrogens is 4. The van der Waals surface area contributed by atoms with E-state index in [4.69, 9.17) is 15.0 Å². The van der Waals surface area contributed by atoms with Crippen LogP contribution < -0.4 is 0 Å². The molecule has 0 N–H and O–H groups in total. The van der Waals surface area contributed by atoms with Crippen molar-refractivity contribution in [3.8, 4) is 28.7 Å². The summed E-state index contributed by atoms with van der Waals surface area (Å²) in [4.78, 5) is 15.2. The summed E-state index contributed by atoms with van der Waals surface area (Å²) >= 11 is 0. The van der Waals surface area contributed by atoms with Gasteiger partial charge in [-0.25, -0.2) is 4.98 Å². The van der Waals surface area contributed by atoms with Crippen LogP contribution in [0.3, 0.4) is 0 Å². The van der Waals surface area contributed by atoms with E-state index in [0.717, 1.165) is 28.6 Å². The molecule has 1 aliphatic carbocycles. The van der Waals surface area contributed by atoms with E-state index in [9.17, 15) is 0 Å². The molecule has 0 amide bonds. The Balaban J connectivity index is 1.04. The third-order valence-electron chi connectivity index (χ3n) is 11.2. The van der Waals surface area contributed by atoms with Crippen LogP contribution in [-0.2, 0) is 0 Å². The average Bonchev–Trinajstić information content (AvgIpc) is 3.60. The highest BCUT2D eigenvalue weighted by Crippen LogP contribution is 2.40. The quantitative estimate of drug-likeness (QED) is 0.168. The molecule has 1 aliphatic rings. The molecule has 1 unspecified atom stereocenters. The summed E-state index contributed by atoms with van der Waals surface area (Å²) in [6.07, 6.45) is 8.02. The van der Waals surface area contributed by atoms with Crippen LogP contribution in [0, 0.1) is 0 Å². The van der Waals surface area contributed by atoms with Gasteiger partial charge in [-0.3, -0.25) is 4.57 Å². The van der Waals surface area contributed by atoms with Gasteiger partial charge in [-0.1, -0.05) is 164 Å². The van der Waals surface area contributed by atoms with Gasteiger partial charge in [-0.2, -0.15) is 9.97 Å². The van der Waals surface area contributed by atoms with Gasteiger partial charge in [-0.15, -0.1) is 0 Å². The van der Waals surface area contributed by atoms with E-state index in [0.29, 0.717) is 17.6 Å². The van der Waals surface area contributed by atoms with Crippen LogP contribution >= 0.6 is 0 Å². The van der Waals surface area contributed by atoms with Crippen molar-refractivity contribution < 1.29 is 0 Å². The Morgan fingerprint density at radius 1 is 0.418 bits per heavy atom. The smallest absolute Gasteiger partial charge is 0.238 e. The molecule has 0 saturated heterocycles.